The lowest BCUT2D eigenvalue weighted by atomic mass is 10.2. The summed E-state index contributed by atoms with van der Waals surface area (Å²) in [5.74, 6) is 1.91. The van der Waals surface area contributed by atoms with Crippen molar-refractivity contribution in [2.45, 2.75) is 19.9 Å². The Morgan fingerprint density at radius 2 is 1.96 bits per heavy atom. The fourth-order valence-corrected chi connectivity index (χ4v) is 3.54. The Balaban J connectivity index is 1.52. The Kier molecular flexibility index (Phi) is 5.63. The lowest BCUT2D eigenvalue weighted by molar-refractivity contribution is 0.372. The summed E-state index contributed by atoms with van der Waals surface area (Å²) in [5.41, 5.74) is 1.26. The monoisotopic (exact) mass is 344 g/mol. The second-order valence-electron chi connectivity index (χ2n) is 5.71. The van der Waals surface area contributed by atoms with Gasteiger partial charge < -0.3 is 15.1 Å². The van der Waals surface area contributed by atoms with Gasteiger partial charge in [-0.2, -0.15) is 4.37 Å². The number of piperazine rings is 1. The van der Waals surface area contributed by atoms with Gasteiger partial charge in [0.2, 0.25) is 5.13 Å². The van der Waals surface area contributed by atoms with Crippen molar-refractivity contribution in [1.82, 2.24) is 19.6 Å². The fraction of sp³-hybridized carbons (Fsp3) is 0.471. The van der Waals surface area contributed by atoms with Gasteiger partial charge in [-0.15, -0.1) is 0 Å². The Morgan fingerprint density at radius 1 is 1.21 bits per heavy atom. The fourth-order valence-electron chi connectivity index (χ4n) is 2.74. The number of hydrogen-bond donors (Lipinski definition) is 1. The zero-order valence-electron chi connectivity index (χ0n) is 14.3. The quantitative estimate of drug-likeness (QED) is 0.679. The number of nitrogens with zero attached hydrogens (tertiary/aromatic N) is 5. The minimum atomic E-state index is 0.796. The highest BCUT2D eigenvalue weighted by molar-refractivity contribution is 7.09. The Morgan fingerprint density at radius 3 is 2.58 bits per heavy atom. The van der Waals surface area contributed by atoms with E-state index in [2.05, 4.69) is 60.7 Å². The van der Waals surface area contributed by atoms with E-state index in [0.717, 1.165) is 56.1 Å². The molecule has 1 aromatic carbocycles. The van der Waals surface area contributed by atoms with Crippen LogP contribution in [0, 0.1) is 0 Å². The summed E-state index contributed by atoms with van der Waals surface area (Å²) in [6.07, 6.45) is 0.895. The van der Waals surface area contributed by atoms with Gasteiger partial charge in [0, 0.05) is 57.7 Å². The molecule has 0 spiro atoms. The van der Waals surface area contributed by atoms with E-state index < -0.39 is 0 Å². The Bertz CT molecular complexity index is 661. The average molecular weight is 344 g/mol. The average Bonchev–Trinajstić information content (AvgIpc) is 3.13. The van der Waals surface area contributed by atoms with Crippen LogP contribution in [0.4, 0.5) is 5.13 Å². The van der Waals surface area contributed by atoms with E-state index in [9.17, 15) is 0 Å². The van der Waals surface area contributed by atoms with Gasteiger partial charge in [0.15, 0.2) is 5.96 Å². The van der Waals surface area contributed by atoms with Crippen LogP contribution in [-0.2, 0) is 13.0 Å². The second kappa shape index (κ2) is 8.10. The van der Waals surface area contributed by atoms with Crippen LogP contribution in [0.15, 0.2) is 35.3 Å². The van der Waals surface area contributed by atoms with Crippen LogP contribution in [0.3, 0.4) is 0 Å². The molecule has 0 radical (unpaired) electrons. The van der Waals surface area contributed by atoms with Gasteiger partial charge >= 0.3 is 0 Å². The molecular weight excluding hydrogens is 320 g/mol. The molecule has 6 nitrogen and oxygen atoms in total. The minimum Gasteiger partial charge on any atom is -0.352 e. The van der Waals surface area contributed by atoms with Crippen LogP contribution in [0.5, 0.6) is 0 Å². The third-order valence-electron chi connectivity index (χ3n) is 4.13. The second-order valence-corrected chi connectivity index (χ2v) is 6.44. The highest BCUT2D eigenvalue weighted by atomic mass is 32.1. The molecule has 7 heteroatoms. The standard InChI is InChI=1S/C17H24N6S/c1-3-15-20-17(24-21-15)23-11-9-22(10-12-23)16(18-2)19-13-14-7-5-4-6-8-14/h4-8H,3,9-13H2,1-2H3,(H,18,19). The van der Waals surface area contributed by atoms with Gasteiger partial charge in [-0.3, -0.25) is 4.99 Å². The van der Waals surface area contributed by atoms with Gasteiger partial charge in [-0.1, -0.05) is 37.3 Å². The molecule has 0 atom stereocenters. The van der Waals surface area contributed by atoms with Crippen molar-refractivity contribution in [2.75, 3.05) is 38.1 Å². The third-order valence-corrected chi connectivity index (χ3v) is 4.94. The molecular formula is C17H24N6S. The predicted molar refractivity (Wildman–Crippen MR) is 99.7 cm³/mol. The lowest BCUT2D eigenvalue weighted by Crippen LogP contribution is -2.52. The van der Waals surface area contributed by atoms with Gasteiger partial charge in [0.1, 0.15) is 5.82 Å². The van der Waals surface area contributed by atoms with Gasteiger partial charge in [0.05, 0.1) is 0 Å². The number of benzene rings is 1. The molecule has 24 heavy (non-hydrogen) atoms. The molecule has 1 aliphatic rings. The van der Waals surface area contributed by atoms with E-state index in [1.807, 2.05) is 13.1 Å². The minimum absolute atomic E-state index is 0.796. The molecule has 0 bridgehead atoms. The zero-order chi connectivity index (χ0) is 16.8. The molecule has 1 aliphatic heterocycles. The number of anilines is 1. The maximum absolute atomic E-state index is 4.59. The van der Waals surface area contributed by atoms with Gasteiger partial charge in [-0.05, 0) is 5.56 Å². The van der Waals surface area contributed by atoms with Crippen molar-refractivity contribution in [2.24, 2.45) is 4.99 Å². The first-order valence-corrected chi connectivity index (χ1v) is 9.14. The van der Waals surface area contributed by atoms with Crippen molar-refractivity contribution in [3.8, 4) is 0 Å². The molecule has 0 saturated carbocycles. The number of aliphatic imine (C=N–C) groups is 1. The third kappa shape index (κ3) is 4.03. The number of hydrogen-bond acceptors (Lipinski definition) is 5. The zero-order valence-corrected chi connectivity index (χ0v) is 15.1. The molecule has 3 rings (SSSR count). The first-order chi connectivity index (χ1) is 11.8. The molecule has 2 aromatic rings. The van der Waals surface area contributed by atoms with Crippen molar-refractivity contribution in [3.63, 3.8) is 0 Å². The van der Waals surface area contributed by atoms with Crippen LogP contribution in [0.25, 0.3) is 0 Å². The molecule has 1 N–H and O–H groups in total. The summed E-state index contributed by atoms with van der Waals surface area (Å²) >= 11 is 1.50. The van der Waals surface area contributed by atoms with Crippen molar-refractivity contribution < 1.29 is 0 Å². The maximum atomic E-state index is 4.59. The van der Waals surface area contributed by atoms with Crippen LogP contribution in [0.1, 0.15) is 18.3 Å². The molecule has 0 aliphatic carbocycles. The Hall–Kier alpha value is -2.15. The normalized spacial score (nSPS) is 15.7. The number of aromatic nitrogens is 2. The molecule has 1 fully saturated rings. The number of aryl methyl sites for hydroxylation is 1. The van der Waals surface area contributed by atoms with E-state index in [4.69, 9.17) is 0 Å². The summed E-state index contributed by atoms with van der Waals surface area (Å²) < 4.78 is 4.38. The summed E-state index contributed by atoms with van der Waals surface area (Å²) in [6.45, 7) is 6.66. The van der Waals surface area contributed by atoms with Crippen LogP contribution >= 0.6 is 11.5 Å². The van der Waals surface area contributed by atoms with Crippen LogP contribution in [0.2, 0.25) is 0 Å². The summed E-state index contributed by atoms with van der Waals surface area (Å²) in [5, 5.41) is 4.50. The molecule has 0 unspecified atom stereocenters. The molecule has 0 amide bonds. The van der Waals surface area contributed by atoms with E-state index in [1.54, 1.807) is 0 Å². The highest BCUT2D eigenvalue weighted by Gasteiger charge is 2.21. The number of nitrogens with one attached hydrogen (secondary N) is 1. The highest BCUT2D eigenvalue weighted by Crippen LogP contribution is 2.19. The van der Waals surface area contributed by atoms with Crippen molar-refractivity contribution in [3.05, 3.63) is 41.7 Å². The predicted octanol–water partition coefficient (Wildman–Crippen LogP) is 2.00. The van der Waals surface area contributed by atoms with Crippen molar-refractivity contribution in [1.29, 1.82) is 0 Å². The summed E-state index contributed by atoms with van der Waals surface area (Å²) in [4.78, 5) is 13.6. The number of guanidine groups is 1. The molecule has 128 valence electrons. The first kappa shape index (κ1) is 16.7. The molecule has 1 saturated heterocycles. The van der Waals surface area contributed by atoms with E-state index in [0.29, 0.717) is 0 Å². The number of rotatable bonds is 4. The SMILES string of the molecule is CCc1nsc(N2CCN(C(=NC)NCc3ccccc3)CC2)n1. The largest absolute Gasteiger partial charge is 0.352 e. The maximum Gasteiger partial charge on any atom is 0.205 e. The summed E-state index contributed by atoms with van der Waals surface area (Å²) in [7, 11) is 1.85. The smallest absolute Gasteiger partial charge is 0.205 e. The van der Waals surface area contributed by atoms with Crippen LogP contribution < -0.4 is 10.2 Å². The van der Waals surface area contributed by atoms with E-state index in [1.165, 1.54) is 17.1 Å². The van der Waals surface area contributed by atoms with E-state index in [-0.39, 0.29) is 0 Å². The first-order valence-electron chi connectivity index (χ1n) is 8.37. The lowest BCUT2D eigenvalue weighted by Gasteiger charge is -2.36. The summed E-state index contributed by atoms with van der Waals surface area (Å²) in [6, 6.07) is 10.4. The molecule has 1 aromatic heterocycles. The molecule has 2 heterocycles. The van der Waals surface area contributed by atoms with E-state index >= 15 is 0 Å². The Labute approximate surface area is 147 Å². The van der Waals surface area contributed by atoms with Gasteiger partial charge in [0.25, 0.3) is 0 Å². The van der Waals surface area contributed by atoms with Crippen molar-refractivity contribution >= 4 is 22.6 Å². The van der Waals surface area contributed by atoms with Gasteiger partial charge in [-0.25, -0.2) is 4.98 Å². The van der Waals surface area contributed by atoms with Crippen LogP contribution in [-0.4, -0.2) is 53.4 Å². The topological polar surface area (TPSA) is 56.7 Å².